The zero-order chi connectivity index (χ0) is 19.1. The van der Waals surface area contributed by atoms with Crippen molar-refractivity contribution in [1.82, 2.24) is 19.4 Å². The van der Waals surface area contributed by atoms with Crippen LogP contribution in [-0.2, 0) is 11.3 Å². The first-order valence-corrected chi connectivity index (χ1v) is 8.97. The van der Waals surface area contributed by atoms with Gasteiger partial charge in [-0.25, -0.2) is 9.78 Å². The Morgan fingerprint density at radius 3 is 2.63 bits per heavy atom. The van der Waals surface area contributed by atoms with Crippen LogP contribution in [0.25, 0.3) is 5.69 Å². The summed E-state index contributed by atoms with van der Waals surface area (Å²) in [5.41, 5.74) is 7.24. The molecule has 0 saturated carbocycles. The van der Waals surface area contributed by atoms with Crippen molar-refractivity contribution in [2.24, 2.45) is 5.73 Å². The van der Waals surface area contributed by atoms with Crippen LogP contribution in [0.15, 0.2) is 36.7 Å². The number of urea groups is 1. The van der Waals surface area contributed by atoms with E-state index in [0.29, 0.717) is 12.2 Å². The van der Waals surface area contributed by atoms with E-state index in [-0.39, 0.29) is 12.1 Å². The van der Waals surface area contributed by atoms with E-state index in [2.05, 4.69) is 9.88 Å². The van der Waals surface area contributed by atoms with E-state index in [1.807, 2.05) is 55.5 Å². The number of fused-ring (bicyclic) bond motifs is 1. The predicted molar refractivity (Wildman–Crippen MR) is 101 cm³/mol. The van der Waals surface area contributed by atoms with E-state index in [1.54, 1.807) is 11.1 Å². The molecule has 2 aliphatic rings. The van der Waals surface area contributed by atoms with E-state index in [1.165, 1.54) is 4.90 Å². The average molecular weight is 367 g/mol. The maximum Gasteiger partial charge on any atom is 0.325 e. The molecule has 1 unspecified atom stereocenters. The Bertz CT molecular complexity index is 859. The normalized spacial score (nSPS) is 22.0. The number of rotatable bonds is 5. The largest absolute Gasteiger partial charge is 0.368 e. The predicted octanol–water partition coefficient (Wildman–Crippen LogP) is 1.01. The zero-order valence-electron chi connectivity index (χ0n) is 15.4. The fourth-order valence-electron chi connectivity index (χ4n) is 3.90. The molecule has 2 saturated heterocycles. The van der Waals surface area contributed by atoms with Gasteiger partial charge in [-0.15, -0.1) is 0 Å². The Kier molecular flexibility index (Phi) is 4.35. The third-order valence-electron chi connectivity index (χ3n) is 5.06. The number of amides is 3. The molecule has 2 N–H and O–H groups in total. The molecule has 8 nitrogen and oxygen atoms in total. The van der Waals surface area contributed by atoms with Gasteiger partial charge in [0.15, 0.2) is 0 Å². The maximum absolute atomic E-state index is 12.8. The molecule has 3 heterocycles. The van der Waals surface area contributed by atoms with Crippen LogP contribution in [0.4, 0.5) is 10.5 Å². The molecule has 2 fully saturated rings. The van der Waals surface area contributed by atoms with Crippen LogP contribution in [0.2, 0.25) is 0 Å². The Hall–Kier alpha value is -2.87. The fourth-order valence-corrected chi connectivity index (χ4v) is 3.90. The highest BCUT2D eigenvalue weighted by atomic mass is 16.2. The van der Waals surface area contributed by atoms with Crippen LogP contribution in [-0.4, -0.2) is 64.0 Å². The number of imidazole rings is 1. The van der Waals surface area contributed by atoms with Crippen LogP contribution in [0.3, 0.4) is 0 Å². The molecule has 27 heavy (non-hydrogen) atoms. The van der Waals surface area contributed by atoms with Crippen LogP contribution in [0.5, 0.6) is 0 Å². The van der Waals surface area contributed by atoms with Gasteiger partial charge in [0.05, 0.1) is 12.6 Å². The molecule has 1 aromatic carbocycles. The second kappa shape index (κ2) is 6.70. The first kappa shape index (κ1) is 17.5. The van der Waals surface area contributed by atoms with Gasteiger partial charge in [0, 0.05) is 30.3 Å². The third-order valence-corrected chi connectivity index (χ3v) is 5.06. The minimum Gasteiger partial charge on any atom is -0.368 e. The summed E-state index contributed by atoms with van der Waals surface area (Å²) in [5.74, 6) is 0.441. The highest BCUT2D eigenvalue weighted by Gasteiger charge is 2.51. The molecule has 0 bridgehead atoms. The zero-order valence-corrected chi connectivity index (χ0v) is 15.4. The summed E-state index contributed by atoms with van der Waals surface area (Å²) < 4.78 is 2.01. The van der Waals surface area contributed by atoms with Crippen molar-refractivity contribution >= 4 is 17.6 Å². The number of benzene rings is 1. The monoisotopic (exact) mass is 367 g/mol. The second-order valence-corrected chi connectivity index (χ2v) is 7.18. The van der Waals surface area contributed by atoms with Crippen LogP contribution < -0.4 is 10.6 Å². The van der Waals surface area contributed by atoms with Crippen molar-refractivity contribution in [3.63, 3.8) is 0 Å². The molecule has 4 rings (SSSR count). The van der Waals surface area contributed by atoms with Gasteiger partial charge in [0.2, 0.25) is 5.91 Å². The van der Waals surface area contributed by atoms with Crippen molar-refractivity contribution in [2.75, 3.05) is 25.5 Å². The minimum atomic E-state index is -0.664. The summed E-state index contributed by atoms with van der Waals surface area (Å²) in [7, 11) is 3.99. The first-order valence-electron chi connectivity index (χ1n) is 8.97. The lowest BCUT2D eigenvalue weighted by atomic mass is 10.1. The Labute approximate surface area is 158 Å². The van der Waals surface area contributed by atoms with Gasteiger partial charge in [-0.2, -0.15) is 0 Å². The lowest BCUT2D eigenvalue weighted by molar-refractivity contribution is -0.119. The Morgan fingerprint density at radius 1 is 1.26 bits per heavy atom. The number of primary amides is 1. The highest BCUT2D eigenvalue weighted by Crippen LogP contribution is 2.34. The van der Waals surface area contributed by atoms with E-state index >= 15 is 0 Å². The number of nitrogens with two attached hydrogens (primary N) is 1. The number of aromatic nitrogens is 2. The highest BCUT2D eigenvalue weighted by molar-refractivity contribution is 6.04. The molecule has 1 aromatic heterocycles. The van der Waals surface area contributed by atoms with Crippen LogP contribution in [0.1, 0.15) is 12.2 Å². The van der Waals surface area contributed by atoms with Crippen molar-refractivity contribution < 1.29 is 9.59 Å². The van der Waals surface area contributed by atoms with Crippen LogP contribution in [0, 0.1) is 6.42 Å². The van der Waals surface area contributed by atoms with Gasteiger partial charge in [-0.05, 0) is 51.2 Å². The molecule has 3 amide bonds. The van der Waals surface area contributed by atoms with Gasteiger partial charge in [-0.1, -0.05) is 0 Å². The third kappa shape index (κ3) is 2.95. The molecular weight excluding hydrogens is 344 g/mol. The minimum absolute atomic E-state index is 0.166. The van der Waals surface area contributed by atoms with Crippen molar-refractivity contribution in [1.29, 1.82) is 0 Å². The summed E-state index contributed by atoms with van der Waals surface area (Å²) in [6.07, 6.45) is 6.47. The molecular formula is C19H23N6O2. The van der Waals surface area contributed by atoms with Gasteiger partial charge < -0.3 is 20.1 Å². The summed E-state index contributed by atoms with van der Waals surface area (Å²) in [6, 6.07) is 6.48. The van der Waals surface area contributed by atoms with Gasteiger partial charge >= 0.3 is 6.03 Å². The SMILES string of the molecule is CN(C)Cc1nccn1-c1ccc(N2C(=O)N3CC[CH][C@@H]3C2C(N)=O)cc1. The first-order chi connectivity index (χ1) is 13.0. The summed E-state index contributed by atoms with van der Waals surface area (Å²) in [6.45, 7) is 1.35. The molecule has 8 heteroatoms. The lowest BCUT2D eigenvalue weighted by Crippen LogP contribution is -2.46. The number of nitrogens with zero attached hydrogens (tertiary/aromatic N) is 5. The number of hydrogen-bond donors (Lipinski definition) is 1. The summed E-state index contributed by atoms with van der Waals surface area (Å²) in [4.78, 5) is 34.5. The molecule has 2 aromatic rings. The molecule has 1 radical (unpaired) electrons. The fraction of sp³-hybridized carbons (Fsp3) is 0.368. The summed E-state index contributed by atoms with van der Waals surface area (Å²) in [5, 5.41) is 0. The number of anilines is 1. The maximum atomic E-state index is 12.8. The topological polar surface area (TPSA) is 87.7 Å². The van der Waals surface area contributed by atoms with Crippen LogP contribution >= 0.6 is 0 Å². The molecule has 2 aliphatic heterocycles. The van der Waals surface area contributed by atoms with E-state index in [0.717, 1.165) is 24.5 Å². The lowest BCUT2D eigenvalue weighted by Gasteiger charge is -2.23. The van der Waals surface area contributed by atoms with Crippen molar-refractivity contribution in [3.05, 3.63) is 48.9 Å². The number of carbonyl (C=O) groups excluding carboxylic acids is 2. The summed E-state index contributed by atoms with van der Waals surface area (Å²) >= 11 is 0. The van der Waals surface area contributed by atoms with E-state index in [4.69, 9.17) is 5.73 Å². The second-order valence-electron chi connectivity index (χ2n) is 7.18. The van der Waals surface area contributed by atoms with E-state index in [9.17, 15) is 9.59 Å². The molecule has 2 atom stereocenters. The Morgan fingerprint density at radius 2 is 1.96 bits per heavy atom. The Balaban J connectivity index is 1.63. The van der Waals surface area contributed by atoms with Gasteiger partial charge in [0.1, 0.15) is 11.9 Å². The van der Waals surface area contributed by atoms with Gasteiger partial charge in [-0.3, -0.25) is 9.69 Å². The molecule has 0 spiro atoms. The van der Waals surface area contributed by atoms with Gasteiger partial charge in [0.25, 0.3) is 0 Å². The van der Waals surface area contributed by atoms with Crippen molar-refractivity contribution in [3.8, 4) is 5.69 Å². The van der Waals surface area contributed by atoms with Crippen molar-refractivity contribution in [2.45, 2.75) is 25.0 Å². The smallest absolute Gasteiger partial charge is 0.325 e. The quantitative estimate of drug-likeness (QED) is 0.854. The molecule has 0 aliphatic carbocycles. The molecule has 141 valence electrons. The van der Waals surface area contributed by atoms with E-state index < -0.39 is 11.9 Å². The standard InChI is InChI=1S/C19H23N6O2/c1-22(2)12-16-21-9-11-23(16)13-5-7-14(8-6-13)25-17(18(20)26)15-4-3-10-24(15)19(25)27/h4-9,11,15,17H,3,10,12H2,1-2H3,(H2,20,26)/t15-,17?/m1/s1. The number of carbonyl (C=O) groups is 2. The average Bonchev–Trinajstić information content (AvgIpc) is 3.32. The number of hydrogen-bond acceptors (Lipinski definition) is 4.